The third kappa shape index (κ3) is 3.67. The quantitative estimate of drug-likeness (QED) is 0.572. The fourth-order valence-electron chi connectivity index (χ4n) is 2.68. The first-order valence-corrected chi connectivity index (χ1v) is 8.30. The monoisotopic (exact) mass is 310 g/mol. The van der Waals surface area contributed by atoms with Crippen LogP contribution >= 0.6 is 11.6 Å². The van der Waals surface area contributed by atoms with Gasteiger partial charge in [-0.2, -0.15) is 0 Å². The Morgan fingerprint density at radius 1 is 1.19 bits per heavy atom. The van der Waals surface area contributed by atoms with E-state index in [2.05, 4.69) is 6.92 Å². The highest BCUT2D eigenvalue weighted by Gasteiger charge is 2.29. The van der Waals surface area contributed by atoms with Crippen LogP contribution in [-0.2, 0) is 6.54 Å². The van der Waals surface area contributed by atoms with Gasteiger partial charge in [0.2, 0.25) is 0 Å². The van der Waals surface area contributed by atoms with E-state index in [0.29, 0.717) is 30.1 Å². The van der Waals surface area contributed by atoms with E-state index in [1.165, 1.54) is 0 Å². The lowest BCUT2D eigenvalue weighted by Crippen LogP contribution is -2.33. The maximum atomic E-state index is 12.7. The molecule has 116 valence electrons. The molecule has 1 aromatic rings. The smallest absolute Gasteiger partial charge is 0.271 e. The number of nitrogens with zero attached hydrogens (tertiary/aromatic N) is 2. The molecule has 0 aliphatic carbocycles. The fraction of sp³-hybridized carbons (Fsp3) is 0.625. The summed E-state index contributed by atoms with van der Waals surface area (Å²) in [5, 5.41) is 0. The lowest BCUT2D eigenvalue weighted by atomic mass is 10.1. The molecule has 0 bridgehead atoms. The predicted molar refractivity (Wildman–Crippen MR) is 84.1 cm³/mol. The number of amides is 1. The summed E-state index contributed by atoms with van der Waals surface area (Å²) in [6.07, 6.45) is 6.13. The largest absolute Gasteiger partial charge is 0.343 e. The van der Waals surface area contributed by atoms with Crippen molar-refractivity contribution in [1.29, 1.82) is 0 Å². The molecule has 0 unspecified atom stereocenters. The highest BCUT2D eigenvalue weighted by Crippen LogP contribution is 2.21. The Morgan fingerprint density at radius 2 is 2.00 bits per heavy atom. The van der Waals surface area contributed by atoms with Gasteiger partial charge >= 0.3 is 0 Å². The number of halogens is 1. The molecule has 0 spiro atoms. The Hall–Kier alpha value is -1.29. The molecule has 4 nitrogen and oxygen atoms in total. The van der Waals surface area contributed by atoms with E-state index in [-0.39, 0.29) is 11.7 Å². The Morgan fingerprint density at radius 3 is 2.71 bits per heavy atom. The number of Topliss-reactive ketones (excluding diaryl/α,β-unsaturated/α-hetero) is 1. The summed E-state index contributed by atoms with van der Waals surface area (Å²) in [5.41, 5.74) is 1.16. The van der Waals surface area contributed by atoms with E-state index < -0.39 is 0 Å². The molecule has 2 rings (SSSR count). The van der Waals surface area contributed by atoms with Gasteiger partial charge in [0.1, 0.15) is 5.69 Å². The zero-order chi connectivity index (χ0) is 15.2. The Balaban J connectivity index is 2.23. The van der Waals surface area contributed by atoms with Crippen molar-refractivity contribution in [2.75, 3.05) is 19.0 Å². The molecule has 21 heavy (non-hydrogen) atoms. The van der Waals surface area contributed by atoms with E-state index >= 15 is 0 Å². The minimum absolute atomic E-state index is 0.000161. The first-order valence-electron chi connectivity index (χ1n) is 7.76. The summed E-state index contributed by atoms with van der Waals surface area (Å²) in [6, 6.07) is 1.79. The van der Waals surface area contributed by atoms with Crippen LogP contribution in [0.15, 0.2) is 12.3 Å². The number of ketones is 1. The molecule has 0 fully saturated rings. The van der Waals surface area contributed by atoms with Crippen molar-refractivity contribution in [2.24, 2.45) is 0 Å². The molecule has 0 radical (unpaired) electrons. The van der Waals surface area contributed by atoms with Crippen LogP contribution in [0, 0.1) is 0 Å². The number of fused-ring (bicyclic) bond motifs is 1. The van der Waals surface area contributed by atoms with Gasteiger partial charge in [0.15, 0.2) is 5.78 Å². The molecule has 1 aromatic heterocycles. The average Bonchev–Trinajstić information content (AvgIpc) is 2.86. The van der Waals surface area contributed by atoms with Crippen molar-refractivity contribution in [2.45, 2.75) is 45.6 Å². The van der Waals surface area contributed by atoms with Crippen LogP contribution in [-0.4, -0.2) is 40.1 Å². The molecule has 5 heteroatoms. The predicted octanol–water partition coefficient (Wildman–Crippen LogP) is 3.34. The SMILES string of the molecule is CCCCN1CCC(=O)c2ccn(CCCCCl)c2C1=O. The molecule has 0 saturated heterocycles. The van der Waals surface area contributed by atoms with Crippen LogP contribution in [0.5, 0.6) is 0 Å². The highest BCUT2D eigenvalue weighted by molar-refractivity contribution is 6.17. The second-order valence-electron chi connectivity index (χ2n) is 5.49. The standard InChI is InChI=1S/C16H23ClN2O2/c1-2-3-9-19-12-7-14(20)13-6-11-18(10-5-4-8-17)15(13)16(19)21/h6,11H,2-5,7-10,12H2,1H3. The molecule has 0 N–H and O–H groups in total. The molecule has 2 heterocycles. The van der Waals surface area contributed by atoms with Crippen LogP contribution < -0.4 is 0 Å². The molecule has 1 aliphatic heterocycles. The van der Waals surface area contributed by atoms with Crippen LogP contribution in [0.1, 0.15) is 59.9 Å². The van der Waals surface area contributed by atoms with Gasteiger partial charge in [-0.25, -0.2) is 0 Å². The van der Waals surface area contributed by atoms with E-state index in [1.54, 1.807) is 6.07 Å². The molecule has 1 amide bonds. The lowest BCUT2D eigenvalue weighted by molar-refractivity contribution is 0.0746. The van der Waals surface area contributed by atoms with Gasteiger partial charge in [-0.15, -0.1) is 11.6 Å². The summed E-state index contributed by atoms with van der Waals surface area (Å²) in [5.74, 6) is 0.701. The van der Waals surface area contributed by atoms with Crippen molar-refractivity contribution in [3.05, 3.63) is 23.5 Å². The maximum Gasteiger partial charge on any atom is 0.271 e. The second-order valence-corrected chi connectivity index (χ2v) is 5.86. The number of carbonyl (C=O) groups excluding carboxylic acids is 2. The maximum absolute atomic E-state index is 12.7. The van der Waals surface area contributed by atoms with Crippen molar-refractivity contribution in [3.63, 3.8) is 0 Å². The zero-order valence-electron chi connectivity index (χ0n) is 12.6. The van der Waals surface area contributed by atoms with Crippen molar-refractivity contribution >= 4 is 23.3 Å². The normalized spacial score (nSPS) is 15.2. The lowest BCUT2D eigenvalue weighted by Gasteiger charge is -2.21. The van der Waals surface area contributed by atoms with Crippen LogP contribution in [0.25, 0.3) is 0 Å². The van der Waals surface area contributed by atoms with Crippen LogP contribution in [0.4, 0.5) is 0 Å². The number of aryl methyl sites for hydroxylation is 1. The minimum Gasteiger partial charge on any atom is -0.343 e. The Bertz CT molecular complexity index is 510. The summed E-state index contributed by atoms with van der Waals surface area (Å²) in [7, 11) is 0. The summed E-state index contributed by atoms with van der Waals surface area (Å²) in [4.78, 5) is 26.8. The topological polar surface area (TPSA) is 42.3 Å². The Kier molecular flexibility index (Phi) is 5.85. The third-order valence-corrected chi connectivity index (χ3v) is 4.19. The molecule has 0 saturated carbocycles. The van der Waals surface area contributed by atoms with Gasteiger partial charge in [0.25, 0.3) is 5.91 Å². The van der Waals surface area contributed by atoms with E-state index in [0.717, 1.165) is 38.8 Å². The Labute approximate surface area is 131 Å². The van der Waals surface area contributed by atoms with Crippen molar-refractivity contribution in [1.82, 2.24) is 9.47 Å². The number of alkyl halides is 1. The number of hydrogen-bond acceptors (Lipinski definition) is 2. The van der Waals surface area contributed by atoms with Gasteiger partial charge in [0, 0.05) is 43.7 Å². The summed E-state index contributed by atoms with van der Waals surface area (Å²) < 4.78 is 1.92. The van der Waals surface area contributed by atoms with Crippen molar-refractivity contribution in [3.8, 4) is 0 Å². The van der Waals surface area contributed by atoms with Gasteiger partial charge < -0.3 is 9.47 Å². The number of aromatic nitrogens is 1. The first kappa shape index (κ1) is 16.1. The second kappa shape index (κ2) is 7.64. The number of rotatable bonds is 7. The van der Waals surface area contributed by atoms with E-state index in [1.807, 2.05) is 15.7 Å². The fourth-order valence-corrected chi connectivity index (χ4v) is 2.87. The molecular weight excluding hydrogens is 288 g/mol. The van der Waals surface area contributed by atoms with E-state index in [4.69, 9.17) is 11.6 Å². The molecule has 1 aliphatic rings. The van der Waals surface area contributed by atoms with Gasteiger partial charge in [-0.05, 0) is 25.3 Å². The van der Waals surface area contributed by atoms with Gasteiger partial charge in [-0.1, -0.05) is 13.3 Å². The summed E-state index contributed by atoms with van der Waals surface area (Å²) >= 11 is 5.70. The van der Waals surface area contributed by atoms with Gasteiger partial charge in [-0.3, -0.25) is 9.59 Å². The zero-order valence-corrected chi connectivity index (χ0v) is 13.4. The van der Waals surface area contributed by atoms with E-state index in [9.17, 15) is 9.59 Å². The van der Waals surface area contributed by atoms with Gasteiger partial charge in [0.05, 0.1) is 0 Å². The number of hydrogen-bond donors (Lipinski definition) is 0. The van der Waals surface area contributed by atoms with Crippen LogP contribution in [0.2, 0.25) is 0 Å². The number of unbranched alkanes of at least 4 members (excludes halogenated alkanes) is 2. The minimum atomic E-state index is 0.000161. The summed E-state index contributed by atoms with van der Waals surface area (Å²) in [6.45, 7) is 4.11. The first-order chi connectivity index (χ1) is 10.2. The van der Waals surface area contributed by atoms with Crippen molar-refractivity contribution < 1.29 is 9.59 Å². The molecular formula is C16H23ClN2O2. The average molecular weight is 311 g/mol. The van der Waals surface area contributed by atoms with Crippen LogP contribution in [0.3, 0.4) is 0 Å². The third-order valence-electron chi connectivity index (χ3n) is 3.93. The molecule has 0 atom stereocenters. The highest BCUT2D eigenvalue weighted by atomic mass is 35.5. The number of carbonyl (C=O) groups is 2. The molecule has 0 aromatic carbocycles.